The molecule has 0 N–H and O–H groups in total. The highest BCUT2D eigenvalue weighted by Crippen LogP contribution is 2.33. The quantitative estimate of drug-likeness (QED) is 0.817. The van der Waals surface area contributed by atoms with Crippen molar-refractivity contribution in [3.63, 3.8) is 0 Å². The van der Waals surface area contributed by atoms with Crippen LogP contribution in [0.15, 0.2) is 11.1 Å². The van der Waals surface area contributed by atoms with Gasteiger partial charge in [-0.1, -0.05) is 6.92 Å². The van der Waals surface area contributed by atoms with Crippen molar-refractivity contribution >= 4 is 27.5 Å². The number of ether oxygens (including phenoxy) is 1. The van der Waals surface area contributed by atoms with Gasteiger partial charge in [0.1, 0.15) is 10.9 Å². The Morgan fingerprint density at radius 1 is 1.48 bits per heavy atom. The maximum Gasteiger partial charge on any atom is 0.329 e. The molecule has 0 fully saturated rings. The average Bonchev–Trinajstić information content (AvgIpc) is 2.89. The Balaban J connectivity index is 2.20. The van der Waals surface area contributed by atoms with Crippen LogP contribution in [0.1, 0.15) is 42.7 Å². The third-order valence-corrected chi connectivity index (χ3v) is 5.30. The molecule has 5 nitrogen and oxygen atoms in total. The highest BCUT2D eigenvalue weighted by atomic mass is 32.1. The molecule has 0 saturated heterocycles. The maximum absolute atomic E-state index is 12.8. The third-order valence-electron chi connectivity index (χ3n) is 4.10. The number of methoxy groups -OCH3 is 1. The molecule has 0 aliphatic heterocycles. The number of carbonyl (C=O) groups excluding carboxylic acids is 1. The lowest BCUT2D eigenvalue weighted by molar-refractivity contribution is -0.144. The fourth-order valence-corrected chi connectivity index (χ4v) is 4.21. The van der Waals surface area contributed by atoms with Gasteiger partial charge in [-0.3, -0.25) is 9.36 Å². The molecule has 0 aromatic carbocycles. The molecule has 2 heterocycles. The van der Waals surface area contributed by atoms with Gasteiger partial charge in [0.15, 0.2) is 0 Å². The fourth-order valence-electron chi connectivity index (χ4n) is 2.99. The summed E-state index contributed by atoms with van der Waals surface area (Å²) in [4.78, 5) is 31.1. The fraction of sp³-hybridized carbons (Fsp3) is 0.533. The van der Waals surface area contributed by atoms with Crippen LogP contribution in [0, 0.1) is 0 Å². The number of fused-ring (bicyclic) bond motifs is 3. The van der Waals surface area contributed by atoms with Crippen LogP contribution < -0.4 is 5.56 Å². The molecule has 0 amide bonds. The average molecular weight is 306 g/mol. The summed E-state index contributed by atoms with van der Waals surface area (Å²) in [6, 6.07) is -0.599. The topological polar surface area (TPSA) is 61.2 Å². The number of esters is 1. The summed E-state index contributed by atoms with van der Waals surface area (Å²) < 4.78 is 6.22. The van der Waals surface area contributed by atoms with E-state index in [0.717, 1.165) is 29.7 Å². The van der Waals surface area contributed by atoms with Crippen LogP contribution in [0.3, 0.4) is 0 Å². The number of thiophene rings is 1. The molecule has 1 atom stereocenters. The van der Waals surface area contributed by atoms with Gasteiger partial charge in [-0.05, 0) is 37.7 Å². The minimum absolute atomic E-state index is 0.114. The van der Waals surface area contributed by atoms with Gasteiger partial charge in [0.25, 0.3) is 5.56 Å². The molecule has 0 saturated carbocycles. The molecule has 1 aliphatic rings. The molecule has 2 aromatic heterocycles. The van der Waals surface area contributed by atoms with Gasteiger partial charge in [-0.15, -0.1) is 11.3 Å². The van der Waals surface area contributed by atoms with E-state index in [1.165, 1.54) is 29.3 Å². The van der Waals surface area contributed by atoms with Crippen LogP contribution in [-0.2, 0) is 22.4 Å². The van der Waals surface area contributed by atoms with E-state index in [2.05, 4.69) is 4.98 Å². The molecular formula is C15H18N2O3S. The first-order valence-electron chi connectivity index (χ1n) is 7.26. The summed E-state index contributed by atoms with van der Waals surface area (Å²) in [7, 11) is 1.34. The van der Waals surface area contributed by atoms with Gasteiger partial charge in [-0.2, -0.15) is 0 Å². The second-order valence-electron chi connectivity index (χ2n) is 5.30. The monoisotopic (exact) mass is 306 g/mol. The first-order valence-corrected chi connectivity index (χ1v) is 8.08. The van der Waals surface area contributed by atoms with Crippen molar-refractivity contribution in [1.29, 1.82) is 0 Å². The minimum atomic E-state index is -0.599. The van der Waals surface area contributed by atoms with E-state index in [9.17, 15) is 9.59 Å². The molecule has 1 aliphatic carbocycles. The van der Waals surface area contributed by atoms with E-state index >= 15 is 0 Å². The Morgan fingerprint density at radius 3 is 2.95 bits per heavy atom. The number of carbonyl (C=O) groups is 1. The predicted octanol–water partition coefficient (Wildman–Crippen LogP) is 2.46. The molecule has 0 unspecified atom stereocenters. The van der Waals surface area contributed by atoms with Gasteiger partial charge in [0, 0.05) is 4.88 Å². The van der Waals surface area contributed by atoms with Gasteiger partial charge < -0.3 is 4.74 Å². The van der Waals surface area contributed by atoms with Gasteiger partial charge >= 0.3 is 5.97 Å². The Hall–Kier alpha value is -1.69. The second-order valence-corrected chi connectivity index (χ2v) is 6.38. The lowest BCUT2D eigenvalue weighted by Crippen LogP contribution is -2.30. The van der Waals surface area contributed by atoms with Crippen LogP contribution in [0.4, 0.5) is 0 Å². The van der Waals surface area contributed by atoms with Crippen molar-refractivity contribution in [2.75, 3.05) is 7.11 Å². The van der Waals surface area contributed by atoms with Crippen molar-refractivity contribution < 1.29 is 9.53 Å². The summed E-state index contributed by atoms with van der Waals surface area (Å²) >= 11 is 1.62. The molecular weight excluding hydrogens is 288 g/mol. The van der Waals surface area contributed by atoms with Crippen molar-refractivity contribution in [2.45, 2.75) is 45.1 Å². The Bertz CT molecular complexity index is 747. The number of hydrogen-bond acceptors (Lipinski definition) is 5. The van der Waals surface area contributed by atoms with Crippen molar-refractivity contribution in [2.24, 2.45) is 0 Å². The van der Waals surface area contributed by atoms with E-state index in [1.54, 1.807) is 11.3 Å². The van der Waals surface area contributed by atoms with Gasteiger partial charge in [0.05, 0.1) is 18.8 Å². The number of aromatic nitrogens is 2. The predicted molar refractivity (Wildman–Crippen MR) is 81.9 cm³/mol. The zero-order valence-electron chi connectivity index (χ0n) is 12.2. The molecule has 21 heavy (non-hydrogen) atoms. The lowest BCUT2D eigenvalue weighted by atomic mass is 9.97. The minimum Gasteiger partial charge on any atom is -0.467 e. The zero-order valence-corrected chi connectivity index (χ0v) is 13.0. The number of rotatable bonds is 3. The Kier molecular flexibility index (Phi) is 3.80. The summed E-state index contributed by atoms with van der Waals surface area (Å²) in [5, 5.41) is 0.708. The van der Waals surface area contributed by atoms with E-state index in [0.29, 0.717) is 11.8 Å². The van der Waals surface area contributed by atoms with Crippen molar-refractivity contribution in [3.8, 4) is 0 Å². The van der Waals surface area contributed by atoms with Gasteiger partial charge in [0.2, 0.25) is 0 Å². The number of nitrogens with zero attached hydrogens (tertiary/aromatic N) is 2. The summed E-state index contributed by atoms with van der Waals surface area (Å²) in [5.74, 6) is -0.398. The lowest BCUT2D eigenvalue weighted by Gasteiger charge is -2.15. The van der Waals surface area contributed by atoms with E-state index in [1.807, 2.05) is 6.92 Å². The van der Waals surface area contributed by atoms with Crippen LogP contribution in [0.2, 0.25) is 0 Å². The summed E-state index contributed by atoms with van der Waals surface area (Å²) in [6.45, 7) is 1.86. The largest absolute Gasteiger partial charge is 0.467 e. The molecule has 0 spiro atoms. The summed E-state index contributed by atoms with van der Waals surface area (Å²) in [6.07, 6.45) is 6.24. The Labute approximate surface area is 126 Å². The zero-order chi connectivity index (χ0) is 15.0. The highest BCUT2D eigenvalue weighted by Gasteiger charge is 2.25. The van der Waals surface area contributed by atoms with Crippen LogP contribution >= 0.6 is 11.3 Å². The number of aryl methyl sites for hydroxylation is 2. The van der Waals surface area contributed by atoms with Gasteiger partial charge in [-0.25, -0.2) is 9.78 Å². The smallest absolute Gasteiger partial charge is 0.329 e. The first-order chi connectivity index (χ1) is 10.2. The van der Waals surface area contributed by atoms with Crippen LogP contribution in [-0.4, -0.2) is 22.6 Å². The molecule has 2 aromatic rings. The highest BCUT2D eigenvalue weighted by molar-refractivity contribution is 7.18. The maximum atomic E-state index is 12.8. The van der Waals surface area contributed by atoms with Crippen molar-refractivity contribution in [1.82, 2.24) is 9.55 Å². The molecule has 6 heteroatoms. The third kappa shape index (κ3) is 2.27. The van der Waals surface area contributed by atoms with E-state index < -0.39 is 12.0 Å². The first kappa shape index (κ1) is 14.3. The van der Waals surface area contributed by atoms with Crippen LogP contribution in [0.5, 0.6) is 0 Å². The number of hydrogen-bond donors (Lipinski definition) is 0. The summed E-state index contributed by atoms with van der Waals surface area (Å²) in [5.41, 5.74) is 1.03. The molecule has 0 radical (unpaired) electrons. The second kappa shape index (κ2) is 5.60. The van der Waals surface area contributed by atoms with Crippen LogP contribution in [0.25, 0.3) is 10.2 Å². The van der Waals surface area contributed by atoms with E-state index in [-0.39, 0.29) is 5.56 Å². The SMILES string of the molecule is CC[C@@H](C(=O)OC)n1cnc2sc3c(c2c1=O)CCCC3. The molecule has 112 valence electrons. The normalized spacial score (nSPS) is 15.7. The Morgan fingerprint density at radius 2 is 2.24 bits per heavy atom. The van der Waals surface area contributed by atoms with Crippen molar-refractivity contribution in [3.05, 3.63) is 27.1 Å². The standard InChI is InChI=1S/C15H18N2O3S/c1-3-10(15(19)20-2)17-8-16-13-12(14(17)18)9-6-4-5-7-11(9)21-13/h8,10H,3-7H2,1-2H3/t10-/m0/s1. The molecule has 0 bridgehead atoms. The van der Waals surface area contributed by atoms with E-state index in [4.69, 9.17) is 4.74 Å². The molecule has 3 rings (SSSR count).